The fourth-order valence-electron chi connectivity index (χ4n) is 2.95. The minimum absolute atomic E-state index is 0.790. The van der Waals surface area contributed by atoms with Crippen molar-refractivity contribution in [2.45, 2.75) is 25.7 Å². The molecule has 98 valence electrons. The van der Waals surface area contributed by atoms with Crippen LogP contribution in [0.3, 0.4) is 0 Å². The first-order chi connectivity index (χ1) is 9.42. The van der Waals surface area contributed by atoms with Crippen LogP contribution < -0.4 is 5.32 Å². The van der Waals surface area contributed by atoms with E-state index in [1.807, 2.05) is 0 Å². The molecule has 1 atom stereocenters. The average molecular weight is 251 g/mol. The predicted molar refractivity (Wildman–Crippen MR) is 81.5 cm³/mol. The Bertz CT molecular complexity index is 518. The Morgan fingerprint density at radius 1 is 0.947 bits per heavy atom. The molecule has 0 spiro atoms. The third-order valence-corrected chi connectivity index (χ3v) is 4.03. The van der Waals surface area contributed by atoms with E-state index in [0.29, 0.717) is 0 Å². The van der Waals surface area contributed by atoms with Crippen LogP contribution in [0.2, 0.25) is 0 Å². The van der Waals surface area contributed by atoms with Gasteiger partial charge in [-0.3, -0.25) is 0 Å². The highest BCUT2D eigenvalue weighted by atomic mass is 14.9. The van der Waals surface area contributed by atoms with Gasteiger partial charge in [-0.1, -0.05) is 48.5 Å². The molecule has 0 bridgehead atoms. The van der Waals surface area contributed by atoms with Gasteiger partial charge in [0.05, 0.1) is 0 Å². The quantitative estimate of drug-likeness (QED) is 0.854. The molecule has 1 heterocycles. The first-order valence-electron chi connectivity index (χ1n) is 7.27. The normalized spacial score (nSPS) is 17.6. The SMILES string of the molecule is c1ccc(CCCC2CNc3ccccc3C2)cc1. The number of aryl methyl sites for hydroxylation is 1. The highest BCUT2D eigenvalue weighted by molar-refractivity contribution is 5.53. The number of benzene rings is 2. The van der Waals surface area contributed by atoms with E-state index in [9.17, 15) is 0 Å². The number of para-hydroxylation sites is 1. The van der Waals surface area contributed by atoms with Crippen molar-refractivity contribution in [3.63, 3.8) is 0 Å². The second-order valence-electron chi connectivity index (χ2n) is 5.49. The standard InChI is InChI=1S/C18H21N/c1-2-7-15(8-3-1)9-6-10-16-13-17-11-4-5-12-18(17)19-14-16/h1-5,7-8,11-12,16,19H,6,9-10,13-14H2. The van der Waals surface area contributed by atoms with E-state index in [0.717, 1.165) is 12.5 Å². The Hall–Kier alpha value is -1.76. The topological polar surface area (TPSA) is 12.0 Å². The van der Waals surface area contributed by atoms with Gasteiger partial charge in [0, 0.05) is 12.2 Å². The van der Waals surface area contributed by atoms with E-state index in [1.54, 1.807) is 0 Å². The molecule has 3 rings (SSSR count). The Balaban J connectivity index is 1.50. The fraction of sp³-hybridized carbons (Fsp3) is 0.333. The molecular weight excluding hydrogens is 230 g/mol. The van der Waals surface area contributed by atoms with E-state index in [4.69, 9.17) is 0 Å². The van der Waals surface area contributed by atoms with Crippen molar-refractivity contribution in [1.29, 1.82) is 0 Å². The summed E-state index contributed by atoms with van der Waals surface area (Å²) >= 11 is 0. The Morgan fingerprint density at radius 2 is 1.74 bits per heavy atom. The molecule has 19 heavy (non-hydrogen) atoms. The van der Waals surface area contributed by atoms with E-state index < -0.39 is 0 Å². The monoisotopic (exact) mass is 251 g/mol. The van der Waals surface area contributed by atoms with Crippen molar-refractivity contribution in [2.75, 3.05) is 11.9 Å². The van der Waals surface area contributed by atoms with E-state index >= 15 is 0 Å². The van der Waals surface area contributed by atoms with Gasteiger partial charge in [0.1, 0.15) is 0 Å². The Labute approximate surface area is 115 Å². The lowest BCUT2D eigenvalue weighted by Crippen LogP contribution is -2.23. The Morgan fingerprint density at radius 3 is 2.63 bits per heavy atom. The van der Waals surface area contributed by atoms with Gasteiger partial charge >= 0.3 is 0 Å². The van der Waals surface area contributed by atoms with Gasteiger partial charge in [0.25, 0.3) is 0 Å². The van der Waals surface area contributed by atoms with Crippen LogP contribution in [0.25, 0.3) is 0 Å². The molecule has 2 aromatic carbocycles. The number of rotatable bonds is 4. The van der Waals surface area contributed by atoms with Crippen molar-refractivity contribution in [1.82, 2.24) is 0 Å². The summed E-state index contributed by atoms with van der Waals surface area (Å²) in [5.74, 6) is 0.790. The zero-order valence-electron chi connectivity index (χ0n) is 11.3. The van der Waals surface area contributed by atoms with Crippen LogP contribution in [0.1, 0.15) is 24.0 Å². The maximum atomic E-state index is 3.56. The summed E-state index contributed by atoms with van der Waals surface area (Å²) in [4.78, 5) is 0. The lowest BCUT2D eigenvalue weighted by atomic mass is 9.89. The summed E-state index contributed by atoms with van der Waals surface area (Å²) in [6, 6.07) is 19.5. The molecule has 0 fully saturated rings. The molecule has 1 nitrogen and oxygen atoms in total. The smallest absolute Gasteiger partial charge is 0.0372 e. The Kier molecular flexibility index (Phi) is 3.83. The minimum Gasteiger partial charge on any atom is -0.385 e. The minimum atomic E-state index is 0.790. The van der Waals surface area contributed by atoms with Gasteiger partial charge < -0.3 is 5.32 Å². The summed E-state index contributed by atoms with van der Waals surface area (Å²) in [5.41, 5.74) is 4.28. The van der Waals surface area contributed by atoms with Gasteiger partial charge in [-0.05, 0) is 48.8 Å². The average Bonchev–Trinajstić information content (AvgIpc) is 2.48. The van der Waals surface area contributed by atoms with Crippen molar-refractivity contribution in [3.05, 3.63) is 65.7 Å². The third kappa shape index (κ3) is 3.17. The highest BCUT2D eigenvalue weighted by Crippen LogP contribution is 2.26. The van der Waals surface area contributed by atoms with Gasteiger partial charge in [-0.2, -0.15) is 0 Å². The van der Waals surface area contributed by atoms with Crippen LogP contribution in [0, 0.1) is 5.92 Å². The number of hydrogen-bond acceptors (Lipinski definition) is 1. The summed E-state index contributed by atoms with van der Waals surface area (Å²) < 4.78 is 0. The predicted octanol–water partition coefficient (Wildman–Crippen LogP) is 4.29. The molecule has 0 aliphatic carbocycles. The van der Waals surface area contributed by atoms with Gasteiger partial charge in [-0.15, -0.1) is 0 Å². The maximum absolute atomic E-state index is 3.56. The van der Waals surface area contributed by atoms with Crippen LogP contribution in [0.4, 0.5) is 5.69 Å². The number of anilines is 1. The molecular formula is C18H21N. The lowest BCUT2D eigenvalue weighted by Gasteiger charge is -2.26. The van der Waals surface area contributed by atoms with Crippen LogP contribution >= 0.6 is 0 Å². The zero-order chi connectivity index (χ0) is 12.9. The van der Waals surface area contributed by atoms with Crippen molar-refractivity contribution in [2.24, 2.45) is 5.92 Å². The number of fused-ring (bicyclic) bond motifs is 1. The van der Waals surface area contributed by atoms with Crippen LogP contribution in [0.5, 0.6) is 0 Å². The fourth-order valence-corrected chi connectivity index (χ4v) is 2.95. The van der Waals surface area contributed by atoms with Gasteiger partial charge in [-0.25, -0.2) is 0 Å². The first kappa shape index (κ1) is 12.3. The lowest BCUT2D eigenvalue weighted by molar-refractivity contribution is 0.478. The molecule has 1 N–H and O–H groups in total. The van der Waals surface area contributed by atoms with Crippen LogP contribution in [-0.2, 0) is 12.8 Å². The molecule has 0 amide bonds. The molecule has 0 saturated heterocycles. The second-order valence-corrected chi connectivity index (χ2v) is 5.49. The number of nitrogens with one attached hydrogen (secondary N) is 1. The van der Waals surface area contributed by atoms with E-state index in [2.05, 4.69) is 59.9 Å². The molecule has 1 heteroatoms. The zero-order valence-corrected chi connectivity index (χ0v) is 11.3. The van der Waals surface area contributed by atoms with Gasteiger partial charge in [0.15, 0.2) is 0 Å². The molecule has 2 aromatic rings. The van der Waals surface area contributed by atoms with Crippen molar-refractivity contribution in [3.8, 4) is 0 Å². The summed E-state index contributed by atoms with van der Waals surface area (Å²) in [5, 5.41) is 3.56. The third-order valence-electron chi connectivity index (χ3n) is 4.03. The van der Waals surface area contributed by atoms with Crippen LogP contribution in [-0.4, -0.2) is 6.54 Å². The summed E-state index contributed by atoms with van der Waals surface area (Å²) in [6.07, 6.45) is 5.05. The van der Waals surface area contributed by atoms with Crippen LogP contribution in [0.15, 0.2) is 54.6 Å². The second kappa shape index (κ2) is 5.92. The molecule has 0 saturated carbocycles. The maximum Gasteiger partial charge on any atom is 0.0372 e. The van der Waals surface area contributed by atoms with E-state index in [-0.39, 0.29) is 0 Å². The number of hydrogen-bond donors (Lipinski definition) is 1. The first-order valence-corrected chi connectivity index (χ1v) is 7.27. The summed E-state index contributed by atoms with van der Waals surface area (Å²) in [6.45, 7) is 1.13. The van der Waals surface area contributed by atoms with Crippen molar-refractivity contribution >= 4 is 5.69 Å². The molecule has 0 aromatic heterocycles. The highest BCUT2D eigenvalue weighted by Gasteiger charge is 2.16. The van der Waals surface area contributed by atoms with Crippen molar-refractivity contribution < 1.29 is 0 Å². The summed E-state index contributed by atoms with van der Waals surface area (Å²) in [7, 11) is 0. The molecule has 1 aliphatic rings. The molecule has 1 aliphatic heterocycles. The largest absolute Gasteiger partial charge is 0.385 e. The van der Waals surface area contributed by atoms with E-state index in [1.165, 1.54) is 42.5 Å². The molecule has 1 unspecified atom stereocenters. The molecule has 0 radical (unpaired) electrons. The van der Waals surface area contributed by atoms with Gasteiger partial charge in [0.2, 0.25) is 0 Å².